The van der Waals surface area contributed by atoms with Crippen LogP contribution in [0.5, 0.6) is 0 Å². The maximum absolute atomic E-state index is 12.1. The lowest BCUT2D eigenvalue weighted by Gasteiger charge is -2.44. The first kappa shape index (κ1) is 46.4. The Kier molecular flexibility index (Phi) is 11.2. The minimum absolute atomic E-state index is 0.506. The van der Waals surface area contributed by atoms with Gasteiger partial charge < -0.3 is 9.80 Å². The Morgan fingerprint density at radius 1 is 0.343 bits per heavy atom. The molecule has 0 atom stereocenters. The van der Waals surface area contributed by atoms with Crippen molar-refractivity contribution in [2.75, 3.05) is 9.80 Å². The van der Waals surface area contributed by atoms with E-state index in [9.17, 15) is 5.26 Å². The van der Waals surface area contributed by atoms with Crippen LogP contribution in [0.4, 0.5) is 34.1 Å². The van der Waals surface area contributed by atoms with Gasteiger partial charge >= 0.3 is 0 Å². The molecule has 0 fully saturated rings. The van der Waals surface area contributed by atoms with Gasteiger partial charge in [-0.05, 0) is 234 Å². The Hall–Kier alpha value is -7.36. The van der Waals surface area contributed by atoms with Gasteiger partial charge in [0.1, 0.15) is 6.07 Å². The summed E-state index contributed by atoms with van der Waals surface area (Å²) in [5.74, 6) is 1.65. The number of aromatic nitrogens is 3. The zero-order valence-corrected chi connectivity index (χ0v) is 44.0. The van der Waals surface area contributed by atoms with Crippen molar-refractivity contribution in [3.63, 3.8) is 0 Å². The third kappa shape index (κ3) is 6.76. The van der Waals surface area contributed by atoms with Crippen LogP contribution in [0, 0.1) is 122 Å². The summed E-state index contributed by atoms with van der Waals surface area (Å²) in [6.45, 7) is 36.5. The van der Waals surface area contributed by atoms with E-state index < -0.39 is 0 Å². The van der Waals surface area contributed by atoms with Crippen molar-refractivity contribution in [3.05, 3.63) is 190 Å². The highest BCUT2D eigenvalue weighted by atomic mass is 15.2. The van der Waals surface area contributed by atoms with Gasteiger partial charge in [0.2, 0.25) is 0 Å². The van der Waals surface area contributed by atoms with Crippen LogP contribution in [-0.2, 0) is 12.8 Å². The number of rotatable bonds is 5. The molecule has 0 amide bonds. The highest BCUT2D eigenvalue weighted by Gasteiger charge is 2.40. The summed E-state index contributed by atoms with van der Waals surface area (Å²) < 4.78 is 0. The number of hydrogen-bond acceptors (Lipinski definition) is 6. The second-order valence-corrected chi connectivity index (χ2v) is 20.4. The second kappa shape index (κ2) is 16.9. The molecule has 3 heterocycles. The van der Waals surface area contributed by atoms with Crippen molar-refractivity contribution in [2.24, 2.45) is 0 Å². The summed E-state index contributed by atoms with van der Waals surface area (Å²) in [7, 11) is 0. The number of hydrogen-bond donors (Lipinski definition) is 0. The number of benzene rings is 7. The van der Waals surface area contributed by atoms with Gasteiger partial charge in [-0.2, -0.15) is 5.26 Å². The zero-order valence-electron chi connectivity index (χ0n) is 44.0. The number of fused-ring (bicyclic) bond motifs is 4. The maximum atomic E-state index is 12.1. The van der Waals surface area contributed by atoms with E-state index in [1.54, 1.807) is 0 Å². The number of nitrogens with zero attached hydrogens (tertiary/aromatic N) is 6. The summed E-state index contributed by atoms with van der Waals surface area (Å²) >= 11 is 0. The fraction of sp³-hybridized carbons (Fsp3) is 0.281. The molecule has 2 aliphatic rings. The van der Waals surface area contributed by atoms with Crippen molar-refractivity contribution in [1.29, 1.82) is 5.26 Å². The lowest BCUT2D eigenvalue weighted by molar-refractivity contribution is 0.981. The standard InChI is InChI=1S/C64H64N6/c1-32-36(5)44(13)57-52(40(32)9)29-53-41(10)33(2)37(6)45(14)58(53)69(57)56-28-50(64-67-62(48-23-19-17-20-24-48)66-63(68-64)49-25-21-18-22-26-49)27-51(31-65)61(56)70-59-46(15)38(7)34(3)42(11)54(59)30-55-43(12)35(4)39(8)47(16)60(55)70/h17-28H,29-30H2,1-16H3. The average Bonchev–Trinajstić information content (AvgIpc) is 3.39. The maximum Gasteiger partial charge on any atom is 0.164 e. The highest BCUT2D eigenvalue weighted by molar-refractivity contribution is 6.02. The van der Waals surface area contributed by atoms with E-state index in [1.807, 2.05) is 66.7 Å². The molecule has 0 N–H and O–H groups in total. The molecular formula is C64H64N6. The van der Waals surface area contributed by atoms with E-state index in [2.05, 4.69) is 133 Å². The molecule has 7 aromatic carbocycles. The van der Waals surface area contributed by atoms with Gasteiger partial charge in [-0.25, -0.2) is 15.0 Å². The molecule has 10 rings (SSSR count). The third-order valence-electron chi connectivity index (χ3n) is 17.4. The third-order valence-corrected chi connectivity index (χ3v) is 17.4. The minimum atomic E-state index is 0.506. The van der Waals surface area contributed by atoms with Gasteiger partial charge in [-0.1, -0.05) is 60.7 Å². The summed E-state index contributed by atoms with van der Waals surface area (Å²) in [4.78, 5) is 20.8. The molecular weight excluding hydrogens is 853 g/mol. The van der Waals surface area contributed by atoms with E-state index in [4.69, 9.17) is 15.0 Å². The molecule has 1 aromatic heterocycles. The number of anilines is 6. The van der Waals surface area contributed by atoms with Crippen molar-refractivity contribution in [3.8, 4) is 40.2 Å². The zero-order chi connectivity index (χ0) is 49.9. The van der Waals surface area contributed by atoms with Crippen LogP contribution >= 0.6 is 0 Å². The SMILES string of the molecule is Cc1c(C)c(C)c2c(c1C)Cc1c(C)c(C)c(C)c(C)c1N2c1cc(-c2nc(-c3ccccc3)nc(-c3ccccc3)n2)cc(C#N)c1N1c2c(C)c(C)c(C)c(C)c2Cc2c(C)c(C)c(C)c(C)c21. The van der Waals surface area contributed by atoms with Gasteiger partial charge in [-0.15, -0.1) is 0 Å². The van der Waals surface area contributed by atoms with Crippen LogP contribution in [-0.4, -0.2) is 15.0 Å². The van der Waals surface area contributed by atoms with Crippen LogP contribution < -0.4 is 9.80 Å². The normalized spacial score (nSPS) is 12.7. The molecule has 2 aliphatic heterocycles. The molecule has 0 saturated heterocycles. The molecule has 0 saturated carbocycles. The minimum Gasteiger partial charge on any atom is -0.307 e. The monoisotopic (exact) mass is 917 g/mol. The van der Waals surface area contributed by atoms with E-state index in [-0.39, 0.29) is 0 Å². The molecule has 6 nitrogen and oxygen atoms in total. The average molecular weight is 917 g/mol. The highest BCUT2D eigenvalue weighted by Crippen LogP contribution is 2.59. The fourth-order valence-electron chi connectivity index (χ4n) is 11.8. The first-order valence-corrected chi connectivity index (χ1v) is 24.8. The molecule has 350 valence electrons. The Balaban J connectivity index is 1.44. The van der Waals surface area contributed by atoms with E-state index >= 15 is 0 Å². The van der Waals surface area contributed by atoms with E-state index in [0.717, 1.165) is 40.9 Å². The first-order valence-electron chi connectivity index (χ1n) is 24.8. The molecule has 70 heavy (non-hydrogen) atoms. The van der Waals surface area contributed by atoms with Crippen LogP contribution in [0.2, 0.25) is 0 Å². The van der Waals surface area contributed by atoms with Crippen molar-refractivity contribution in [1.82, 2.24) is 15.0 Å². The lowest BCUT2D eigenvalue weighted by Crippen LogP contribution is -2.29. The molecule has 0 spiro atoms. The molecule has 6 heteroatoms. The summed E-state index contributed by atoms with van der Waals surface area (Å²) in [5.41, 5.74) is 35.4. The van der Waals surface area contributed by atoms with Gasteiger partial charge in [-0.3, -0.25) is 0 Å². The molecule has 0 unspecified atom stereocenters. The Morgan fingerprint density at radius 2 is 0.643 bits per heavy atom. The van der Waals surface area contributed by atoms with E-state index in [0.29, 0.717) is 23.0 Å². The molecule has 0 aliphatic carbocycles. The molecule has 0 bridgehead atoms. The quantitative estimate of drug-likeness (QED) is 0.171. The second-order valence-electron chi connectivity index (χ2n) is 20.4. The predicted molar refractivity (Wildman–Crippen MR) is 292 cm³/mol. The fourth-order valence-corrected chi connectivity index (χ4v) is 11.8. The van der Waals surface area contributed by atoms with Crippen LogP contribution in [0.15, 0.2) is 72.8 Å². The summed E-state index contributed by atoms with van der Waals surface area (Å²) in [6.07, 6.45) is 1.64. The summed E-state index contributed by atoms with van der Waals surface area (Å²) in [5, 5.41) is 12.1. The van der Waals surface area contributed by atoms with Gasteiger partial charge in [0.05, 0.1) is 39.7 Å². The molecule has 8 aromatic rings. The predicted octanol–water partition coefficient (Wildman–Crippen LogP) is 16.4. The van der Waals surface area contributed by atoms with Crippen LogP contribution in [0.3, 0.4) is 0 Å². The van der Waals surface area contributed by atoms with Gasteiger partial charge in [0.25, 0.3) is 0 Å². The smallest absolute Gasteiger partial charge is 0.164 e. The Bertz CT molecular complexity index is 3410. The molecule has 0 radical (unpaired) electrons. The topological polar surface area (TPSA) is 68.9 Å². The number of nitriles is 1. The van der Waals surface area contributed by atoms with Crippen LogP contribution in [0.1, 0.15) is 117 Å². The Morgan fingerprint density at radius 3 is 0.971 bits per heavy atom. The Labute approximate surface area is 415 Å². The largest absolute Gasteiger partial charge is 0.307 e. The van der Waals surface area contributed by atoms with Gasteiger partial charge in [0, 0.05) is 29.5 Å². The first-order chi connectivity index (χ1) is 33.4. The van der Waals surface area contributed by atoms with E-state index in [1.165, 1.54) is 134 Å². The summed E-state index contributed by atoms with van der Waals surface area (Å²) in [6, 6.07) is 27.5. The van der Waals surface area contributed by atoms with Crippen molar-refractivity contribution in [2.45, 2.75) is 124 Å². The van der Waals surface area contributed by atoms with Crippen molar-refractivity contribution < 1.29 is 0 Å². The van der Waals surface area contributed by atoms with Crippen molar-refractivity contribution >= 4 is 34.1 Å². The lowest BCUT2D eigenvalue weighted by atomic mass is 9.79. The van der Waals surface area contributed by atoms with Crippen LogP contribution in [0.25, 0.3) is 34.2 Å². The van der Waals surface area contributed by atoms with Gasteiger partial charge in [0.15, 0.2) is 17.5 Å².